The predicted molar refractivity (Wildman–Crippen MR) is 113 cm³/mol. The fraction of sp³-hybridized carbons (Fsp3) is 0.500. The molecule has 1 aliphatic heterocycles. The van der Waals surface area contributed by atoms with Crippen LogP contribution in [0.15, 0.2) is 30.3 Å². The molecule has 156 valence electrons. The van der Waals surface area contributed by atoms with E-state index in [0.717, 1.165) is 29.9 Å². The average Bonchev–Trinajstić information content (AvgIpc) is 3.07. The van der Waals surface area contributed by atoms with Gasteiger partial charge in [-0.05, 0) is 37.8 Å². The number of H-pyrrole nitrogens is 1. The van der Waals surface area contributed by atoms with Gasteiger partial charge < -0.3 is 10.2 Å². The zero-order chi connectivity index (χ0) is 20.8. The molecule has 2 amide bonds. The van der Waals surface area contributed by atoms with E-state index >= 15 is 0 Å². The minimum absolute atomic E-state index is 0.0305. The van der Waals surface area contributed by atoms with Crippen LogP contribution in [-0.2, 0) is 22.4 Å². The largest absolute Gasteiger partial charge is 0.358 e. The van der Waals surface area contributed by atoms with Gasteiger partial charge in [0, 0.05) is 45.3 Å². The number of hydrogen-bond acceptors (Lipinski definition) is 4. The highest BCUT2D eigenvalue weighted by molar-refractivity contribution is 5.83. The van der Waals surface area contributed by atoms with Crippen molar-refractivity contribution in [3.63, 3.8) is 0 Å². The molecule has 0 saturated carbocycles. The van der Waals surface area contributed by atoms with Gasteiger partial charge in [-0.15, -0.1) is 0 Å². The normalized spacial score (nSPS) is 17.3. The van der Waals surface area contributed by atoms with Crippen LogP contribution < -0.4 is 5.32 Å². The Bertz CT molecular complexity index is 813. The predicted octanol–water partition coefficient (Wildman–Crippen LogP) is 1.46. The molecule has 1 aliphatic rings. The van der Waals surface area contributed by atoms with Crippen molar-refractivity contribution in [3.8, 4) is 0 Å². The molecule has 1 saturated heterocycles. The van der Waals surface area contributed by atoms with Gasteiger partial charge in [-0.1, -0.05) is 30.3 Å². The van der Waals surface area contributed by atoms with Crippen molar-refractivity contribution < 1.29 is 9.59 Å². The van der Waals surface area contributed by atoms with Gasteiger partial charge in [-0.25, -0.2) is 0 Å². The Morgan fingerprint density at radius 1 is 1.17 bits per heavy atom. The highest BCUT2D eigenvalue weighted by Gasteiger charge is 2.33. The van der Waals surface area contributed by atoms with Crippen LogP contribution in [0, 0.1) is 13.8 Å². The quantitative estimate of drug-likeness (QED) is 0.741. The van der Waals surface area contributed by atoms with Gasteiger partial charge in [0.2, 0.25) is 11.8 Å². The molecule has 3 rings (SSSR count). The monoisotopic (exact) mass is 397 g/mol. The lowest BCUT2D eigenvalue weighted by Gasteiger charge is -2.40. The van der Waals surface area contributed by atoms with E-state index in [2.05, 4.69) is 32.5 Å². The van der Waals surface area contributed by atoms with Crippen LogP contribution in [0.1, 0.15) is 28.9 Å². The molecule has 1 aromatic heterocycles. The number of likely N-dealkylation sites (N-methyl/N-ethyl adjacent to an activating group) is 1. The number of aryl methyl sites for hydroxylation is 2. The molecular formula is C22H31N5O2. The van der Waals surface area contributed by atoms with E-state index in [1.165, 1.54) is 5.56 Å². The van der Waals surface area contributed by atoms with Gasteiger partial charge in [0.25, 0.3) is 0 Å². The van der Waals surface area contributed by atoms with E-state index in [1.807, 2.05) is 36.9 Å². The van der Waals surface area contributed by atoms with Crippen molar-refractivity contribution in [3.05, 3.63) is 52.8 Å². The van der Waals surface area contributed by atoms with Gasteiger partial charge in [-0.3, -0.25) is 19.6 Å². The summed E-state index contributed by atoms with van der Waals surface area (Å²) in [7, 11) is 1.66. The second-order valence-electron chi connectivity index (χ2n) is 7.65. The van der Waals surface area contributed by atoms with Crippen LogP contribution in [0.2, 0.25) is 0 Å². The highest BCUT2D eigenvalue weighted by Crippen LogP contribution is 2.16. The van der Waals surface area contributed by atoms with Crippen molar-refractivity contribution in [1.29, 1.82) is 0 Å². The Labute approximate surface area is 172 Å². The number of amides is 2. The highest BCUT2D eigenvalue weighted by atomic mass is 16.2. The Kier molecular flexibility index (Phi) is 7.04. The molecule has 0 spiro atoms. The fourth-order valence-corrected chi connectivity index (χ4v) is 3.98. The van der Waals surface area contributed by atoms with Crippen LogP contribution in [0.4, 0.5) is 0 Å². The molecule has 1 atom stereocenters. The lowest BCUT2D eigenvalue weighted by molar-refractivity contribution is -0.138. The van der Waals surface area contributed by atoms with Crippen LogP contribution in [0.5, 0.6) is 0 Å². The third kappa shape index (κ3) is 5.23. The summed E-state index contributed by atoms with van der Waals surface area (Å²) in [6.45, 7) is 6.54. The minimum Gasteiger partial charge on any atom is -0.358 e. The maximum Gasteiger partial charge on any atom is 0.238 e. The number of rotatable bonds is 7. The molecular weight excluding hydrogens is 366 g/mol. The van der Waals surface area contributed by atoms with Gasteiger partial charge in [0.15, 0.2) is 0 Å². The number of aromatic nitrogens is 2. The van der Waals surface area contributed by atoms with Crippen molar-refractivity contribution >= 4 is 11.8 Å². The Morgan fingerprint density at radius 3 is 2.59 bits per heavy atom. The molecule has 29 heavy (non-hydrogen) atoms. The standard InChI is InChI=1S/C22H31N5O2/c1-16-19(17(2)25-24-16)9-10-21(28)27-14-13-26(20(15-27)22(29)23-3)12-11-18-7-5-4-6-8-18/h4-8,20H,9-15H2,1-3H3,(H,23,29)(H,24,25)/t20-/m0/s1. The number of hydrogen-bond donors (Lipinski definition) is 2. The topological polar surface area (TPSA) is 81.3 Å². The Hall–Kier alpha value is -2.67. The molecule has 0 bridgehead atoms. The number of carbonyl (C=O) groups excluding carboxylic acids is 2. The summed E-state index contributed by atoms with van der Waals surface area (Å²) in [6, 6.07) is 9.98. The second-order valence-corrected chi connectivity index (χ2v) is 7.65. The van der Waals surface area contributed by atoms with Gasteiger partial charge in [-0.2, -0.15) is 5.10 Å². The van der Waals surface area contributed by atoms with E-state index in [4.69, 9.17) is 0 Å². The first-order valence-electron chi connectivity index (χ1n) is 10.3. The second kappa shape index (κ2) is 9.69. The molecule has 0 radical (unpaired) electrons. The first-order chi connectivity index (χ1) is 14.0. The molecule has 7 heteroatoms. The summed E-state index contributed by atoms with van der Waals surface area (Å²) in [4.78, 5) is 29.3. The molecule has 0 unspecified atom stereocenters. The zero-order valence-corrected chi connectivity index (χ0v) is 17.6. The Morgan fingerprint density at radius 2 is 1.93 bits per heavy atom. The third-order valence-electron chi connectivity index (χ3n) is 5.79. The summed E-state index contributed by atoms with van der Waals surface area (Å²) in [5.41, 5.74) is 4.34. The van der Waals surface area contributed by atoms with Crippen molar-refractivity contribution in [2.45, 2.75) is 39.2 Å². The first kappa shape index (κ1) is 21.0. The summed E-state index contributed by atoms with van der Waals surface area (Å²) >= 11 is 0. The maximum atomic E-state index is 12.8. The summed E-state index contributed by atoms with van der Waals surface area (Å²) in [5, 5.41) is 9.93. The number of carbonyl (C=O) groups is 2. The Balaban J connectivity index is 1.58. The van der Waals surface area contributed by atoms with E-state index in [1.54, 1.807) is 7.05 Å². The van der Waals surface area contributed by atoms with E-state index in [-0.39, 0.29) is 17.9 Å². The number of nitrogens with zero attached hydrogens (tertiary/aromatic N) is 3. The summed E-state index contributed by atoms with van der Waals surface area (Å²) < 4.78 is 0. The van der Waals surface area contributed by atoms with Gasteiger partial charge in [0.05, 0.1) is 5.69 Å². The van der Waals surface area contributed by atoms with Crippen molar-refractivity contribution in [1.82, 2.24) is 25.3 Å². The van der Waals surface area contributed by atoms with E-state index in [0.29, 0.717) is 32.5 Å². The molecule has 2 heterocycles. The fourth-order valence-electron chi connectivity index (χ4n) is 3.98. The minimum atomic E-state index is -0.307. The number of piperazine rings is 1. The smallest absolute Gasteiger partial charge is 0.238 e. The van der Waals surface area contributed by atoms with Crippen LogP contribution in [0.25, 0.3) is 0 Å². The number of nitrogens with one attached hydrogen (secondary N) is 2. The average molecular weight is 398 g/mol. The molecule has 2 N–H and O–H groups in total. The SMILES string of the molecule is CNC(=O)[C@@H]1CN(C(=O)CCc2c(C)n[nH]c2C)CCN1CCc1ccccc1. The van der Waals surface area contributed by atoms with Crippen molar-refractivity contribution in [2.24, 2.45) is 0 Å². The number of benzene rings is 1. The van der Waals surface area contributed by atoms with Crippen molar-refractivity contribution in [2.75, 3.05) is 33.2 Å². The van der Waals surface area contributed by atoms with Gasteiger partial charge >= 0.3 is 0 Å². The summed E-state index contributed by atoms with van der Waals surface area (Å²) in [5.74, 6) is 0.0682. The lowest BCUT2D eigenvalue weighted by Crippen LogP contribution is -2.60. The zero-order valence-electron chi connectivity index (χ0n) is 17.6. The maximum absolute atomic E-state index is 12.8. The van der Waals surface area contributed by atoms with E-state index in [9.17, 15) is 9.59 Å². The molecule has 1 fully saturated rings. The number of aromatic amines is 1. The summed E-state index contributed by atoms with van der Waals surface area (Å²) in [6.07, 6.45) is 2.00. The van der Waals surface area contributed by atoms with Crippen LogP contribution in [0.3, 0.4) is 0 Å². The molecule has 0 aliphatic carbocycles. The lowest BCUT2D eigenvalue weighted by atomic mass is 10.1. The van der Waals surface area contributed by atoms with E-state index < -0.39 is 0 Å². The van der Waals surface area contributed by atoms with Crippen LogP contribution >= 0.6 is 0 Å². The van der Waals surface area contributed by atoms with Crippen LogP contribution in [-0.4, -0.2) is 71.1 Å². The molecule has 1 aromatic carbocycles. The van der Waals surface area contributed by atoms with Gasteiger partial charge in [0.1, 0.15) is 6.04 Å². The third-order valence-corrected chi connectivity index (χ3v) is 5.79. The molecule has 2 aromatic rings. The molecule has 7 nitrogen and oxygen atoms in total. The first-order valence-corrected chi connectivity index (χ1v) is 10.3.